The van der Waals surface area contributed by atoms with Crippen LogP contribution in [0.5, 0.6) is 0 Å². The highest BCUT2D eigenvalue weighted by molar-refractivity contribution is 6.23. The summed E-state index contributed by atoms with van der Waals surface area (Å²) < 4.78 is 14.7. The maximum atomic E-state index is 13.8. The molecule has 3 amide bonds. The van der Waals surface area contributed by atoms with Crippen LogP contribution < -0.4 is 21.9 Å². The first-order chi connectivity index (χ1) is 11.3. The average molecular weight is 330 g/mol. The van der Waals surface area contributed by atoms with E-state index in [0.717, 1.165) is 22.8 Å². The Morgan fingerprint density at radius 3 is 2.58 bits per heavy atom. The normalized spacial score (nSPS) is 12.8. The number of anilines is 1. The zero-order valence-electron chi connectivity index (χ0n) is 12.3. The molecule has 0 radical (unpaired) electrons. The summed E-state index contributed by atoms with van der Waals surface area (Å²) in [5.41, 5.74) is 4.73. The number of benzene rings is 1. The molecule has 1 aromatic carbocycles. The van der Waals surface area contributed by atoms with Crippen molar-refractivity contribution in [1.82, 2.24) is 15.2 Å². The van der Waals surface area contributed by atoms with E-state index in [1.165, 1.54) is 13.1 Å². The molecule has 8 nitrogen and oxygen atoms in total. The number of nitrogens with one attached hydrogen (secondary N) is 2. The third kappa shape index (κ3) is 2.14. The predicted octanol–water partition coefficient (Wildman–Crippen LogP) is -0.198. The molecule has 3 rings (SSSR count). The topological polar surface area (TPSA) is 123 Å². The molecule has 1 aliphatic rings. The standard InChI is InChI=1S/C15H11FN4O4/c1-18-13(22)7-4-6(2-3-9(7)16)20-10(21)5-8-11(12(20)17)15(24)19-14(8)23/h2-5H,17H2,1H3,(H,18,22)(H,19,23,24). The highest BCUT2D eigenvalue weighted by atomic mass is 19.1. The van der Waals surface area contributed by atoms with Crippen molar-refractivity contribution in [1.29, 1.82) is 0 Å². The summed E-state index contributed by atoms with van der Waals surface area (Å²) in [7, 11) is 1.33. The molecule has 4 N–H and O–H groups in total. The van der Waals surface area contributed by atoms with Gasteiger partial charge in [0.05, 0.1) is 22.4 Å². The lowest BCUT2D eigenvalue weighted by Gasteiger charge is -2.13. The van der Waals surface area contributed by atoms with E-state index in [-0.39, 0.29) is 28.2 Å². The monoisotopic (exact) mass is 330 g/mol. The van der Waals surface area contributed by atoms with E-state index in [2.05, 4.69) is 5.32 Å². The molecular formula is C15H11FN4O4. The highest BCUT2D eigenvalue weighted by Gasteiger charge is 2.32. The van der Waals surface area contributed by atoms with Crippen LogP contribution >= 0.6 is 0 Å². The molecule has 0 bridgehead atoms. The minimum atomic E-state index is -0.779. The molecule has 0 fully saturated rings. The van der Waals surface area contributed by atoms with Gasteiger partial charge in [-0.15, -0.1) is 0 Å². The Morgan fingerprint density at radius 2 is 1.92 bits per heavy atom. The largest absolute Gasteiger partial charge is 0.384 e. The molecule has 2 heterocycles. The fourth-order valence-corrected chi connectivity index (χ4v) is 2.51. The van der Waals surface area contributed by atoms with Gasteiger partial charge in [0.2, 0.25) is 0 Å². The van der Waals surface area contributed by atoms with Gasteiger partial charge in [0.1, 0.15) is 11.6 Å². The van der Waals surface area contributed by atoms with Crippen LogP contribution in [0.2, 0.25) is 0 Å². The van der Waals surface area contributed by atoms with Crippen LogP contribution in [0.15, 0.2) is 29.1 Å². The first-order valence-corrected chi connectivity index (χ1v) is 6.78. The fraction of sp³-hybridized carbons (Fsp3) is 0.0667. The third-order valence-corrected chi connectivity index (χ3v) is 3.63. The van der Waals surface area contributed by atoms with Crippen LogP contribution in [0.4, 0.5) is 10.2 Å². The number of aromatic nitrogens is 1. The summed E-state index contributed by atoms with van der Waals surface area (Å²) in [6.07, 6.45) is 0. The molecular weight excluding hydrogens is 319 g/mol. The van der Waals surface area contributed by atoms with Crippen LogP contribution in [0.3, 0.4) is 0 Å². The number of rotatable bonds is 2. The zero-order chi connectivity index (χ0) is 17.6. The molecule has 0 saturated carbocycles. The molecule has 24 heavy (non-hydrogen) atoms. The molecule has 1 aliphatic heterocycles. The number of imide groups is 1. The number of amides is 3. The molecule has 0 aliphatic carbocycles. The van der Waals surface area contributed by atoms with Crippen molar-refractivity contribution in [3.05, 3.63) is 57.1 Å². The lowest BCUT2D eigenvalue weighted by molar-refractivity contribution is 0.0878. The van der Waals surface area contributed by atoms with Crippen molar-refractivity contribution in [2.24, 2.45) is 0 Å². The number of pyridine rings is 1. The number of fused-ring (bicyclic) bond motifs is 1. The Kier molecular flexibility index (Phi) is 3.40. The van der Waals surface area contributed by atoms with Crippen molar-refractivity contribution in [3.63, 3.8) is 0 Å². The minimum absolute atomic E-state index is 0.0902. The second kappa shape index (κ2) is 5.30. The van der Waals surface area contributed by atoms with Gasteiger partial charge in [0.25, 0.3) is 23.3 Å². The van der Waals surface area contributed by atoms with E-state index < -0.39 is 29.1 Å². The van der Waals surface area contributed by atoms with Crippen molar-refractivity contribution >= 4 is 23.5 Å². The Hall–Kier alpha value is -3.49. The summed E-state index contributed by atoms with van der Waals surface area (Å²) in [5.74, 6) is -3.17. The zero-order valence-corrected chi connectivity index (χ0v) is 12.3. The van der Waals surface area contributed by atoms with Gasteiger partial charge in [-0.25, -0.2) is 4.39 Å². The van der Waals surface area contributed by atoms with E-state index in [0.29, 0.717) is 0 Å². The molecule has 122 valence electrons. The number of halogens is 1. The summed E-state index contributed by atoms with van der Waals surface area (Å²) in [5, 5.41) is 4.32. The Bertz CT molecular complexity index is 980. The number of carbonyl (C=O) groups is 3. The smallest absolute Gasteiger partial charge is 0.262 e. The number of nitrogen functional groups attached to an aromatic ring is 1. The van der Waals surface area contributed by atoms with E-state index in [1.807, 2.05) is 5.32 Å². The van der Waals surface area contributed by atoms with Crippen LogP contribution in [0.1, 0.15) is 31.1 Å². The fourth-order valence-electron chi connectivity index (χ4n) is 2.51. The molecule has 0 unspecified atom stereocenters. The Morgan fingerprint density at radius 1 is 1.21 bits per heavy atom. The van der Waals surface area contributed by atoms with Gasteiger partial charge >= 0.3 is 0 Å². The van der Waals surface area contributed by atoms with Gasteiger partial charge < -0.3 is 11.1 Å². The van der Waals surface area contributed by atoms with Crippen LogP contribution in [-0.4, -0.2) is 29.3 Å². The summed E-state index contributed by atoms with van der Waals surface area (Å²) >= 11 is 0. The van der Waals surface area contributed by atoms with E-state index in [1.54, 1.807) is 0 Å². The van der Waals surface area contributed by atoms with E-state index in [9.17, 15) is 23.6 Å². The van der Waals surface area contributed by atoms with Crippen LogP contribution in [-0.2, 0) is 0 Å². The van der Waals surface area contributed by atoms with Gasteiger partial charge in [-0.05, 0) is 18.2 Å². The van der Waals surface area contributed by atoms with Crippen LogP contribution in [0.25, 0.3) is 5.69 Å². The van der Waals surface area contributed by atoms with Gasteiger partial charge in [0.15, 0.2) is 0 Å². The molecule has 0 saturated heterocycles. The van der Waals surface area contributed by atoms with Gasteiger partial charge in [-0.3, -0.25) is 29.1 Å². The van der Waals surface area contributed by atoms with Crippen molar-refractivity contribution in [3.8, 4) is 5.69 Å². The SMILES string of the molecule is CNC(=O)c1cc(-n2c(N)c3c(cc2=O)C(=O)NC3=O)ccc1F. The second-order valence-electron chi connectivity index (χ2n) is 5.02. The third-order valence-electron chi connectivity index (χ3n) is 3.63. The second-order valence-corrected chi connectivity index (χ2v) is 5.02. The van der Waals surface area contributed by atoms with Crippen molar-refractivity contribution in [2.75, 3.05) is 12.8 Å². The first-order valence-electron chi connectivity index (χ1n) is 6.78. The summed E-state index contributed by atoms with van der Waals surface area (Å²) in [6, 6.07) is 4.34. The predicted molar refractivity (Wildman–Crippen MR) is 81.6 cm³/mol. The molecule has 9 heteroatoms. The minimum Gasteiger partial charge on any atom is -0.384 e. The van der Waals surface area contributed by atoms with E-state index >= 15 is 0 Å². The Balaban J connectivity index is 2.27. The first kappa shape index (κ1) is 15.4. The molecule has 2 aromatic rings. The van der Waals surface area contributed by atoms with Crippen molar-refractivity contribution < 1.29 is 18.8 Å². The Labute approximate surface area is 134 Å². The number of nitrogens with two attached hydrogens (primary N) is 1. The van der Waals surface area contributed by atoms with Crippen molar-refractivity contribution in [2.45, 2.75) is 0 Å². The number of nitrogens with zero attached hydrogens (tertiary/aromatic N) is 1. The number of hydrogen-bond donors (Lipinski definition) is 3. The molecule has 0 spiro atoms. The number of carbonyl (C=O) groups excluding carboxylic acids is 3. The summed E-state index contributed by atoms with van der Waals surface area (Å²) in [4.78, 5) is 47.4. The summed E-state index contributed by atoms with van der Waals surface area (Å²) in [6.45, 7) is 0. The van der Waals surface area contributed by atoms with E-state index in [4.69, 9.17) is 5.73 Å². The van der Waals surface area contributed by atoms with Gasteiger partial charge in [0, 0.05) is 13.1 Å². The van der Waals surface area contributed by atoms with Gasteiger partial charge in [-0.2, -0.15) is 0 Å². The van der Waals surface area contributed by atoms with Gasteiger partial charge in [-0.1, -0.05) is 0 Å². The lowest BCUT2D eigenvalue weighted by Crippen LogP contribution is -2.25. The molecule has 0 atom stereocenters. The number of hydrogen-bond acceptors (Lipinski definition) is 5. The molecule has 1 aromatic heterocycles. The highest BCUT2D eigenvalue weighted by Crippen LogP contribution is 2.23. The maximum absolute atomic E-state index is 13.8. The van der Waals surface area contributed by atoms with Crippen LogP contribution in [0, 0.1) is 5.82 Å². The lowest BCUT2D eigenvalue weighted by atomic mass is 10.1. The maximum Gasteiger partial charge on any atom is 0.262 e. The quantitative estimate of drug-likeness (QED) is 0.658. The average Bonchev–Trinajstić information content (AvgIpc) is 2.82.